The largest absolute Gasteiger partial charge is 0.507 e. The molecule has 2 aromatic carbocycles. The molecule has 3 aromatic rings. The van der Waals surface area contributed by atoms with Crippen molar-refractivity contribution in [2.75, 3.05) is 0 Å². The Morgan fingerprint density at radius 1 is 1.15 bits per heavy atom. The summed E-state index contributed by atoms with van der Waals surface area (Å²) in [5, 5.41) is 15.0. The van der Waals surface area contributed by atoms with Crippen LogP contribution in [0.25, 0.3) is 10.9 Å². The van der Waals surface area contributed by atoms with Gasteiger partial charge in [0.15, 0.2) is 0 Å². The smallest absolute Gasteiger partial charge is 0.282 e. The normalized spacial score (nSPS) is 15.6. The van der Waals surface area contributed by atoms with Gasteiger partial charge in [-0.3, -0.25) is 4.79 Å². The first kappa shape index (κ1) is 17.9. The van der Waals surface area contributed by atoms with E-state index in [1.54, 1.807) is 24.3 Å². The lowest BCUT2D eigenvalue weighted by molar-refractivity contribution is 0.416. The quantitative estimate of drug-likeness (QED) is 0.613. The van der Waals surface area contributed by atoms with Gasteiger partial charge in [-0.15, -0.1) is 0 Å². The molecule has 1 aromatic heterocycles. The molecule has 27 heavy (non-hydrogen) atoms. The van der Waals surface area contributed by atoms with Crippen molar-refractivity contribution in [2.24, 2.45) is 5.10 Å². The number of hydrogen-bond donors (Lipinski definition) is 1. The molecule has 0 aliphatic heterocycles. The summed E-state index contributed by atoms with van der Waals surface area (Å²) in [5.41, 5.74) is 1.07. The Morgan fingerprint density at radius 2 is 1.93 bits per heavy atom. The van der Waals surface area contributed by atoms with Gasteiger partial charge in [0, 0.05) is 16.0 Å². The van der Waals surface area contributed by atoms with Gasteiger partial charge < -0.3 is 5.11 Å². The molecule has 1 heterocycles. The maximum Gasteiger partial charge on any atom is 0.282 e. The van der Waals surface area contributed by atoms with Crippen LogP contribution in [0.3, 0.4) is 0 Å². The lowest BCUT2D eigenvalue weighted by atomic mass is 9.88. The van der Waals surface area contributed by atoms with Crippen LogP contribution in [-0.4, -0.2) is 21.0 Å². The van der Waals surface area contributed by atoms with Crippen LogP contribution in [-0.2, 0) is 0 Å². The molecular weight excluding hydrogens is 406 g/mol. The van der Waals surface area contributed by atoms with Crippen LogP contribution in [0.15, 0.2) is 56.8 Å². The Labute approximate surface area is 165 Å². The molecular formula is C21H20BrN3O2. The molecule has 0 amide bonds. The van der Waals surface area contributed by atoms with Crippen molar-refractivity contribution in [2.45, 2.75) is 38.0 Å². The van der Waals surface area contributed by atoms with Crippen molar-refractivity contribution < 1.29 is 5.11 Å². The highest BCUT2D eigenvalue weighted by Gasteiger charge is 2.22. The SMILES string of the molecule is O=c1c2ccccc2nc(C2CCCCC2)n1N=Cc1cc(Br)ccc1O. The lowest BCUT2D eigenvalue weighted by Crippen LogP contribution is -2.25. The first-order valence-electron chi connectivity index (χ1n) is 9.18. The fraction of sp³-hybridized carbons (Fsp3) is 0.286. The van der Waals surface area contributed by atoms with E-state index >= 15 is 0 Å². The second-order valence-electron chi connectivity index (χ2n) is 6.89. The summed E-state index contributed by atoms with van der Waals surface area (Å²) in [6.45, 7) is 0. The highest BCUT2D eigenvalue weighted by atomic mass is 79.9. The summed E-state index contributed by atoms with van der Waals surface area (Å²) in [4.78, 5) is 17.9. The first-order valence-corrected chi connectivity index (χ1v) is 9.97. The molecule has 1 saturated carbocycles. The number of rotatable bonds is 3. The highest BCUT2D eigenvalue weighted by molar-refractivity contribution is 9.10. The zero-order chi connectivity index (χ0) is 18.8. The van der Waals surface area contributed by atoms with Gasteiger partial charge in [0.05, 0.1) is 17.1 Å². The van der Waals surface area contributed by atoms with Crippen molar-refractivity contribution in [3.05, 3.63) is 68.7 Å². The van der Waals surface area contributed by atoms with Gasteiger partial charge in [-0.05, 0) is 43.2 Å². The average molecular weight is 426 g/mol. The van der Waals surface area contributed by atoms with Crippen molar-refractivity contribution in [1.82, 2.24) is 9.66 Å². The summed E-state index contributed by atoms with van der Waals surface area (Å²) in [7, 11) is 0. The summed E-state index contributed by atoms with van der Waals surface area (Å²) < 4.78 is 2.25. The molecule has 0 spiro atoms. The molecule has 0 bridgehead atoms. The number of fused-ring (bicyclic) bond motifs is 1. The second-order valence-corrected chi connectivity index (χ2v) is 7.80. The van der Waals surface area contributed by atoms with Gasteiger partial charge in [-0.25, -0.2) is 4.98 Å². The number of phenolic OH excluding ortho intramolecular Hbond substituents is 1. The van der Waals surface area contributed by atoms with Crippen LogP contribution in [0.4, 0.5) is 0 Å². The fourth-order valence-corrected chi connectivity index (χ4v) is 4.00. The molecule has 0 radical (unpaired) electrons. The number of para-hydroxylation sites is 1. The van der Waals surface area contributed by atoms with E-state index in [0.717, 1.165) is 30.2 Å². The Kier molecular flexibility index (Phi) is 5.07. The molecule has 138 valence electrons. The van der Waals surface area contributed by atoms with Gasteiger partial charge in [0.1, 0.15) is 11.6 Å². The second kappa shape index (κ2) is 7.64. The van der Waals surface area contributed by atoms with Crippen LogP contribution < -0.4 is 5.56 Å². The third kappa shape index (κ3) is 3.67. The van der Waals surface area contributed by atoms with Crippen molar-refractivity contribution in [3.8, 4) is 5.75 Å². The fourth-order valence-electron chi connectivity index (χ4n) is 3.63. The number of phenols is 1. The number of hydrogen-bond acceptors (Lipinski definition) is 4. The third-order valence-corrected chi connectivity index (χ3v) is 5.54. The number of aromatic hydroxyl groups is 1. The van der Waals surface area contributed by atoms with Gasteiger partial charge in [-0.2, -0.15) is 9.78 Å². The van der Waals surface area contributed by atoms with Crippen LogP contribution in [0.2, 0.25) is 0 Å². The van der Waals surface area contributed by atoms with Crippen molar-refractivity contribution in [3.63, 3.8) is 0 Å². The maximum atomic E-state index is 13.1. The van der Waals surface area contributed by atoms with Gasteiger partial charge >= 0.3 is 0 Å². The Balaban J connectivity index is 1.86. The topological polar surface area (TPSA) is 67.5 Å². The Hall–Kier alpha value is -2.47. The number of benzene rings is 2. The highest BCUT2D eigenvalue weighted by Crippen LogP contribution is 2.31. The molecule has 1 fully saturated rings. The maximum absolute atomic E-state index is 13.1. The molecule has 1 aliphatic carbocycles. The molecule has 5 nitrogen and oxygen atoms in total. The minimum absolute atomic E-state index is 0.114. The van der Waals surface area contributed by atoms with E-state index in [4.69, 9.17) is 4.98 Å². The lowest BCUT2D eigenvalue weighted by Gasteiger charge is -2.22. The monoisotopic (exact) mass is 425 g/mol. The van der Waals surface area contributed by atoms with E-state index in [2.05, 4.69) is 21.0 Å². The first-order chi connectivity index (χ1) is 13.1. The van der Waals surface area contributed by atoms with Crippen LogP contribution in [0, 0.1) is 0 Å². The molecule has 0 atom stereocenters. The third-order valence-electron chi connectivity index (χ3n) is 5.05. The molecule has 0 saturated heterocycles. The number of nitrogens with zero attached hydrogens (tertiary/aromatic N) is 3. The predicted molar refractivity (Wildman–Crippen MR) is 111 cm³/mol. The summed E-state index contributed by atoms with van der Waals surface area (Å²) in [6.07, 6.45) is 7.06. The van der Waals surface area contributed by atoms with E-state index < -0.39 is 0 Å². The standard InChI is InChI=1S/C21H20BrN3O2/c22-16-10-11-19(26)15(12-16)13-23-25-20(14-6-2-1-3-7-14)24-18-9-5-4-8-17(18)21(25)27/h4-5,8-14,26H,1-3,6-7H2. The molecule has 1 aliphatic rings. The molecule has 0 unspecified atom stereocenters. The van der Waals surface area contributed by atoms with Crippen LogP contribution >= 0.6 is 15.9 Å². The van der Waals surface area contributed by atoms with E-state index in [9.17, 15) is 9.90 Å². The summed E-state index contributed by atoms with van der Waals surface area (Å²) in [5.74, 6) is 1.05. The van der Waals surface area contributed by atoms with Gasteiger partial charge in [0.2, 0.25) is 0 Å². The van der Waals surface area contributed by atoms with E-state index in [0.29, 0.717) is 22.3 Å². The average Bonchev–Trinajstić information content (AvgIpc) is 2.70. The van der Waals surface area contributed by atoms with Gasteiger partial charge in [0.25, 0.3) is 5.56 Å². The van der Waals surface area contributed by atoms with E-state index in [-0.39, 0.29) is 17.2 Å². The zero-order valence-corrected chi connectivity index (χ0v) is 16.4. The van der Waals surface area contributed by atoms with Gasteiger partial charge in [-0.1, -0.05) is 47.3 Å². The minimum atomic E-state index is -0.174. The number of halogens is 1. The number of aromatic nitrogens is 2. The van der Waals surface area contributed by atoms with Crippen molar-refractivity contribution >= 4 is 33.0 Å². The van der Waals surface area contributed by atoms with Crippen LogP contribution in [0.5, 0.6) is 5.75 Å². The van der Waals surface area contributed by atoms with Crippen molar-refractivity contribution in [1.29, 1.82) is 0 Å². The Bertz CT molecular complexity index is 1070. The Morgan fingerprint density at radius 3 is 2.74 bits per heavy atom. The summed E-state index contributed by atoms with van der Waals surface area (Å²) in [6, 6.07) is 12.5. The van der Waals surface area contributed by atoms with Crippen LogP contribution in [0.1, 0.15) is 49.4 Å². The molecule has 6 heteroatoms. The van der Waals surface area contributed by atoms with E-state index in [1.807, 2.05) is 18.2 Å². The molecule has 4 rings (SSSR count). The minimum Gasteiger partial charge on any atom is -0.507 e. The summed E-state index contributed by atoms with van der Waals surface area (Å²) >= 11 is 3.39. The predicted octanol–water partition coefficient (Wildman–Crippen LogP) is 4.79. The van der Waals surface area contributed by atoms with E-state index in [1.165, 1.54) is 17.3 Å². The zero-order valence-electron chi connectivity index (χ0n) is 14.8. The molecule has 1 N–H and O–H groups in total.